The molecule has 7 heteroatoms. The first kappa shape index (κ1) is 17.5. The average Bonchev–Trinajstić information content (AvgIpc) is 2.85. The van der Waals surface area contributed by atoms with Gasteiger partial charge in [0.15, 0.2) is 0 Å². The standard InChI is InChI=1S/C16H21N3O3.ClH/c20-14(21)10-19-9-7-12(16(19)22)4-6-13-5-3-11-2-1-8-17-15(11)18-13;/h3,5,12H,1-2,4,6-10H2,(H,17,18)(H,20,21);1H. The maximum atomic E-state index is 12.1. The van der Waals surface area contributed by atoms with Gasteiger partial charge in [-0.25, -0.2) is 4.98 Å². The van der Waals surface area contributed by atoms with E-state index in [0.29, 0.717) is 6.54 Å². The number of nitrogens with one attached hydrogen (secondary N) is 1. The predicted octanol–water partition coefficient (Wildman–Crippen LogP) is 1.73. The molecule has 126 valence electrons. The number of amides is 1. The van der Waals surface area contributed by atoms with Gasteiger partial charge in [0.2, 0.25) is 5.91 Å². The summed E-state index contributed by atoms with van der Waals surface area (Å²) in [5, 5.41) is 12.1. The molecule has 23 heavy (non-hydrogen) atoms. The molecule has 0 spiro atoms. The molecule has 1 aromatic heterocycles. The first-order valence-corrected chi connectivity index (χ1v) is 7.87. The number of fused-ring (bicyclic) bond motifs is 1. The number of pyridine rings is 1. The number of carboxylic acids is 1. The molecule has 6 nitrogen and oxygen atoms in total. The average molecular weight is 340 g/mol. The van der Waals surface area contributed by atoms with Crippen molar-refractivity contribution in [2.75, 3.05) is 25.0 Å². The van der Waals surface area contributed by atoms with E-state index in [1.165, 1.54) is 10.5 Å². The van der Waals surface area contributed by atoms with Gasteiger partial charge in [-0.15, -0.1) is 12.4 Å². The Bertz CT molecular complexity index is 594. The van der Waals surface area contributed by atoms with Gasteiger partial charge in [0.1, 0.15) is 12.4 Å². The molecular weight excluding hydrogens is 318 g/mol. The Morgan fingerprint density at radius 1 is 1.43 bits per heavy atom. The number of hydrogen-bond donors (Lipinski definition) is 2. The Morgan fingerprint density at radius 3 is 3.04 bits per heavy atom. The van der Waals surface area contributed by atoms with E-state index in [1.807, 2.05) is 6.07 Å². The fourth-order valence-electron chi connectivity index (χ4n) is 3.22. The Hall–Kier alpha value is -1.82. The molecule has 1 saturated heterocycles. The molecule has 2 aliphatic heterocycles. The van der Waals surface area contributed by atoms with E-state index in [4.69, 9.17) is 5.11 Å². The van der Waals surface area contributed by atoms with Crippen LogP contribution in [-0.4, -0.2) is 46.5 Å². The molecule has 0 aromatic carbocycles. The molecule has 0 aliphatic carbocycles. The predicted molar refractivity (Wildman–Crippen MR) is 88.9 cm³/mol. The van der Waals surface area contributed by atoms with Crippen LogP contribution in [0.4, 0.5) is 5.82 Å². The number of carbonyl (C=O) groups is 2. The van der Waals surface area contributed by atoms with Crippen molar-refractivity contribution in [2.45, 2.75) is 32.1 Å². The number of carbonyl (C=O) groups excluding carboxylic acids is 1. The number of anilines is 1. The summed E-state index contributed by atoms with van der Waals surface area (Å²) >= 11 is 0. The topological polar surface area (TPSA) is 82.5 Å². The van der Waals surface area contributed by atoms with E-state index < -0.39 is 5.97 Å². The van der Waals surface area contributed by atoms with Crippen LogP contribution in [0.15, 0.2) is 12.1 Å². The van der Waals surface area contributed by atoms with Crippen molar-refractivity contribution in [3.63, 3.8) is 0 Å². The van der Waals surface area contributed by atoms with E-state index in [2.05, 4.69) is 16.4 Å². The third-order valence-corrected chi connectivity index (χ3v) is 4.44. The molecule has 0 saturated carbocycles. The summed E-state index contributed by atoms with van der Waals surface area (Å²) in [6, 6.07) is 4.16. The van der Waals surface area contributed by atoms with Gasteiger partial charge < -0.3 is 15.3 Å². The highest BCUT2D eigenvalue weighted by Gasteiger charge is 2.32. The molecule has 2 aliphatic rings. The molecule has 1 fully saturated rings. The van der Waals surface area contributed by atoms with Crippen LogP contribution in [0.2, 0.25) is 0 Å². The van der Waals surface area contributed by atoms with Crippen LogP contribution in [-0.2, 0) is 22.4 Å². The smallest absolute Gasteiger partial charge is 0.323 e. The van der Waals surface area contributed by atoms with Crippen molar-refractivity contribution >= 4 is 30.1 Å². The number of aliphatic carboxylic acids is 1. The molecule has 3 heterocycles. The molecule has 0 bridgehead atoms. The highest BCUT2D eigenvalue weighted by Crippen LogP contribution is 2.24. The van der Waals surface area contributed by atoms with Crippen LogP contribution in [0, 0.1) is 5.92 Å². The van der Waals surface area contributed by atoms with Gasteiger partial charge in [-0.1, -0.05) is 6.07 Å². The van der Waals surface area contributed by atoms with Crippen LogP contribution in [0.3, 0.4) is 0 Å². The molecule has 1 atom stereocenters. The highest BCUT2D eigenvalue weighted by molar-refractivity contribution is 5.85. The summed E-state index contributed by atoms with van der Waals surface area (Å²) in [4.78, 5) is 28.9. The summed E-state index contributed by atoms with van der Waals surface area (Å²) < 4.78 is 0. The number of aryl methyl sites for hydroxylation is 2. The van der Waals surface area contributed by atoms with Gasteiger partial charge >= 0.3 is 5.97 Å². The lowest BCUT2D eigenvalue weighted by Gasteiger charge is -2.18. The number of hydrogen-bond acceptors (Lipinski definition) is 4. The van der Waals surface area contributed by atoms with Crippen molar-refractivity contribution in [1.29, 1.82) is 0 Å². The second kappa shape index (κ2) is 7.64. The Balaban J connectivity index is 0.00000192. The molecular formula is C16H22ClN3O3. The summed E-state index contributed by atoms with van der Waals surface area (Å²) in [5.74, 6) is -0.0611. The van der Waals surface area contributed by atoms with Gasteiger partial charge in [0.05, 0.1) is 0 Å². The Morgan fingerprint density at radius 2 is 2.26 bits per heavy atom. The third-order valence-electron chi connectivity index (χ3n) is 4.44. The fourth-order valence-corrected chi connectivity index (χ4v) is 3.22. The van der Waals surface area contributed by atoms with Crippen molar-refractivity contribution in [3.8, 4) is 0 Å². The van der Waals surface area contributed by atoms with Crippen molar-refractivity contribution in [1.82, 2.24) is 9.88 Å². The lowest BCUT2D eigenvalue weighted by Crippen LogP contribution is -2.32. The van der Waals surface area contributed by atoms with Gasteiger partial charge in [-0.2, -0.15) is 0 Å². The third kappa shape index (κ3) is 4.13. The number of halogens is 1. The van der Waals surface area contributed by atoms with Crippen LogP contribution in [0.1, 0.15) is 30.5 Å². The zero-order chi connectivity index (χ0) is 15.5. The lowest BCUT2D eigenvalue weighted by atomic mass is 9.99. The molecule has 2 N–H and O–H groups in total. The van der Waals surface area contributed by atoms with E-state index >= 15 is 0 Å². The summed E-state index contributed by atoms with van der Waals surface area (Å²) in [7, 11) is 0. The number of nitrogens with zero attached hydrogens (tertiary/aromatic N) is 2. The maximum Gasteiger partial charge on any atom is 0.323 e. The number of aromatic nitrogens is 1. The van der Waals surface area contributed by atoms with Crippen LogP contribution in [0.25, 0.3) is 0 Å². The minimum absolute atomic E-state index is 0. The first-order valence-electron chi connectivity index (χ1n) is 7.87. The normalized spacial score (nSPS) is 19.7. The Labute approximate surface area is 141 Å². The zero-order valence-corrected chi connectivity index (χ0v) is 13.8. The minimum Gasteiger partial charge on any atom is -0.480 e. The minimum atomic E-state index is -0.948. The van der Waals surface area contributed by atoms with E-state index in [-0.39, 0.29) is 30.8 Å². The molecule has 3 rings (SSSR count). The molecule has 1 aromatic rings. The van der Waals surface area contributed by atoms with Gasteiger partial charge in [0, 0.05) is 24.7 Å². The highest BCUT2D eigenvalue weighted by atomic mass is 35.5. The van der Waals surface area contributed by atoms with Crippen LogP contribution in [0.5, 0.6) is 0 Å². The maximum absolute atomic E-state index is 12.1. The van der Waals surface area contributed by atoms with E-state index in [9.17, 15) is 9.59 Å². The van der Waals surface area contributed by atoms with Crippen molar-refractivity contribution in [2.24, 2.45) is 5.92 Å². The largest absolute Gasteiger partial charge is 0.480 e. The lowest BCUT2D eigenvalue weighted by molar-refractivity contribution is -0.143. The number of likely N-dealkylation sites (tertiary alicyclic amines) is 1. The number of rotatable bonds is 5. The van der Waals surface area contributed by atoms with E-state index in [1.54, 1.807) is 0 Å². The second-order valence-electron chi connectivity index (χ2n) is 6.02. The molecule has 0 radical (unpaired) electrons. The molecule has 1 amide bonds. The van der Waals surface area contributed by atoms with Crippen molar-refractivity contribution in [3.05, 3.63) is 23.4 Å². The monoisotopic (exact) mass is 339 g/mol. The zero-order valence-electron chi connectivity index (χ0n) is 13.0. The van der Waals surface area contributed by atoms with Gasteiger partial charge in [-0.05, 0) is 43.7 Å². The number of carboxylic acid groups (broad SMARTS) is 1. The first-order chi connectivity index (χ1) is 10.6. The van der Waals surface area contributed by atoms with Gasteiger partial charge in [0.25, 0.3) is 0 Å². The van der Waals surface area contributed by atoms with Crippen molar-refractivity contribution < 1.29 is 14.7 Å². The van der Waals surface area contributed by atoms with Crippen LogP contribution < -0.4 is 5.32 Å². The summed E-state index contributed by atoms with van der Waals surface area (Å²) in [5.41, 5.74) is 2.26. The molecule has 1 unspecified atom stereocenters. The fraction of sp³-hybridized carbons (Fsp3) is 0.562. The Kier molecular flexibility index (Phi) is 5.82. The van der Waals surface area contributed by atoms with E-state index in [0.717, 1.165) is 50.2 Å². The van der Waals surface area contributed by atoms with Gasteiger partial charge in [-0.3, -0.25) is 9.59 Å². The van der Waals surface area contributed by atoms with Crippen LogP contribution >= 0.6 is 12.4 Å². The summed E-state index contributed by atoms with van der Waals surface area (Å²) in [6.45, 7) is 1.33. The SMILES string of the molecule is Cl.O=C(O)CN1CCC(CCc2ccc3c(n2)NCCC3)C1=O. The quantitative estimate of drug-likeness (QED) is 0.853. The second-order valence-corrected chi connectivity index (χ2v) is 6.02. The summed E-state index contributed by atoms with van der Waals surface area (Å²) in [6.07, 6.45) is 4.45.